The SMILES string of the molecule is Cl.O=C(N[C@H]1CCCNC1)C1CCCCN1C(=O)C1CCCO1. The van der Waals surface area contributed by atoms with Crippen LogP contribution < -0.4 is 10.6 Å². The van der Waals surface area contributed by atoms with Crippen LogP contribution in [-0.2, 0) is 14.3 Å². The molecular weight excluding hydrogens is 318 g/mol. The summed E-state index contributed by atoms with van der Waals surface area (Å²) in [6, 6.07) is -0.116. The van der Waals surface area contributed by atoms with Crippen LogP contribution in [0.2, 0.25) is 0 Å². The smallest absolute Gasteiger partial charge is 0.252 e. The molecule has 0 radical (unpaired) electrons. The third-order valence-corrected chi connectivity index (χ3v) is 4.94. The van der Waals surface area contributed by atoms with Crippen molar-refractivity contribution in [1.82, 2.24) is 15.5 Å². The summed E-state index contributed by atoms with van der Waals surface area (Å²) in [5.41, 5.74) is 0. The van der Waals surface area contributed by atoms with E-state index in [1.54, 1.807) is 4.90 Å². The molecule has 3 fully saturated rings. The van der Waals surface area contributed by atoms with E-state index in [0.717, 1.165) is 58.0 Å². The van der Waals surface area contributed by atoms with Crippen molar-refractivity contribution in [3.05, 3.63) is 0 Å². The van der Waals surface area contributed by atoms with E-state index < -0.39 is 0 Å². The molecule has 23 heavy (non-hydrogen) atoms. The lowest BCUT2D eigenvalue weighted by molar-refractivity contribution is -0.149. The molecule has 3 aliphatic rings. The van der Waals surface area contributed by atoms with E-state index in [0.29, 0.717) is 13.2 Å². The zero-order valence-corrected chi connectivity index (χ0v) is 14.4. The molecule has 2 N–H and O–H groups in total. The van der Waals surface area contributed by atoms with E-state index >= 15 is 0 Å². The van der Waals surface area contributed by atoms with E-state index in [9.17, 15) is 9.59 Å². The largest absolute Gasteiger partial charge is 0.368 e. The van der Waals surface area contributed by atoms with E-state index in [-0.39, 0.29) is 42.4 Å². The molecule has 132 valence electrons. The summed E-state index contributed by atoms with van der Waals surface area (Å²) in [7, 11) is 0. The van der Waals surface area contributed by atoms with Gasteiger partial charge >= 0.3 is 0 Å². The molecule has 0 bridgehead atoms. The fraction of sp³-hybridized carbons (Fsp3) is 0.875. The lowest BCUT2D eigenvalue weighted by atomic mass is 9.99. The maximum Gasteiger partial charge on any atom is 0.252 e. The van der Waals surface area contributed by atoms with Crippen molar-refractivity contribution in [2.24, 2.45) is 0 Å². The lowest BCUT2D eigenvalue weighted by Gasteiger charge is -2.37. The number of rotatable bonds is 3. The first-order chi connectivity index (χ1) is 10.8. The average Bonchev–Trinajstić information content (AvgIpc) is 3.09. The molecule has 0 aromatic heterocycles. The molecule has 0 aromatic carbocycles. The van der Waals surface area contributed by atoms with Gasteiger partial charge in [-0.2, -0.15) is 0 Å². The van der Waals surface area contributed by atoms with E-state index in [1.165, 1.54) is 0 Å². The van der Waals surface area contributed by atoms with Gasteiger partial charge in [-0.25, -0.2) is 0 Å². The molecule has 0 aliphatic carbocycles. The standard InChI is InChI=1S/C16H27N3O3.ClH/c20-15(18-12-5-3-8-17-11-12)13-6-1-2-9-19(13)16(21)14-7-4-10-22-14;/h12-14,17H,1-11H2,(H,18,20);1H/t12-,13?,14?;/m0./s1. The molecule has 2 unspecified atom stereocenters. The number of carbonyl (C=O) groups excluding carboxylic acids is 2. The van der Waals surface area contributed by atoms with Crippen molar-refractivity contribution in [2.45, 2.75) is 63.1 Å². The molecule has 3 heterocycles. The molecule has 3 rings (SSSR count). The number of carbonyl (C=O) groups is 2. The maximum atomic E-state index is 12.6. The van der Waals surface area contributed by atoms with Crippen LogP contribution in [0.1, 0.15) is 44.9 Å². The van der Waals surface area contributed by atoms with Crippen LogP contribution in [0.25, 0.3) is 0 Å². The third kappa shape index (κ3) is 4.58. The normalized spacial score (nSPS) is 31.3. The molecular formula is C16H28ClN3O3. The molecule has 0 spiro atoms. The number of ether oxygens (including phenoxy) is 1. The topological polar surface area (TPSA) is 70.7 Å². The number of hydrogen-bond acceptors (Lipinski definition) is 4. The van der Waals surface area contributed by atoms with E-state index in [2.05, 4.69) is 10.6 Å². The highest BCUT2D eigenvalue weighted by atomic mass is 35.5. The molecule has 0 aromatic rings. The maximum absolute atomic E-state index is 12.6. The van der Waals surface area contributed by atoms with Crippen LogP contribution >= 0.6 is 12.4 Å². The van der Waals surface area contributed by atoms with Crippen molar-refractivity contribution < 1.29 is 14.3 Å². The van der Waals surface area contributed by atoms with Gasteiger partial charge in [-0.05, 0) is 51.5 Å². The number of amides is 2. The Kier molecular flexibility index (Phi) is 7.11. The van der Waals surface area contributed by atoms with Gasteiger partial charge in [0.2, 0.25) is 5.91 Å². The molecule has 3 atom stereocenters. The second-order valence-electron chi connectivity index (χ2n) is 6.60. The van der Waals surface area contributed by atoms with Gasteiger partial charge in [0.1, 0.15) is 12.1 Å². The van der Waals surface area contributed by atoms with Crippen LogP contribution in [0, 0.1) is 0 Å². The van der Waals surface area contributed by atoms with Gasteiger partial charge in [0, 0.05) is 25.7 Å². The average molecular weight is 346 g/mol. The first-order valence-corrected chi connectivity index (χ1v) is 8.69. The Morgan fingerprint density at radius 2 is 1.96 bits per heavy atom. The fourth-order valence-corrected chi connectivity index (χ4v) is 3.70. The van der Waals surface area contributed by atoms with Crippen LogP contribution in [0.5, 0.6) is 0 Å². The number of hydrogen-bond donors (Lipinski definition) is 2. The second-order valence-corrected chi connectivity index (χ2v) is 6.60. The minimum absolute atomic E-state index is 0. The Bertz CT molecular complexity index is 409. The van der Waals surface area contributed by atoms with Crippen LogP contribution in [0.4, 0.5) is 0 Å². The van der Waals surface area contributed by atoms with Crippen molar-refractivity contribution in [2.75, 3.05) is 26.2 Å². The third-order valence-electron chi connectivity index (χ3n) is 4.94. The minimum Gasteiger partial charge on any atom is -0.368 e. The molecule has 7 heteroatoms. The van der Waals surface area contributed by atoms with Gasteiger partial charge in [-0.15, -0.1) is 12.4 Å². The van der Waals surface area contributed by atoms with Crippen LogP contribution in [-0.4, -0.2) is 61.1 Å². The van der Waals surface area contributed by atoms with Gasteiger partial charge in [0.25, 0.3) is 5.91 Å². The number of likely N-dealkylation sites (tertiary alicyclic amines) is 1. The van der Waals surface area contributed by atoms with Crippen LogP contribution in [0.15, 0.2) is 0 Å². The zero-order chi connectivity index (χ0) is 15.4. The predicted octanol–water partition coefficient (Wildman–Crippen LogP) is 0.836. The quantitative estimate of drug-likeness (QED) is 0.795. The van der Waals surface area contributed by atoms with E-state index in [4.69, 9.17) is 4.74 Å². The number of nitrogens with zero attached hydrogens (tertiary/aromatic N) is 1. The summed E-state index contributed by atoms with van der Waals surface area (Å²) in [6.07, 6.45) is 6.27. The Morgan fingerprint density at radius 1 is 1.09 bits per heavy atom. The number of nitrogens with one attached hydrogen (secondary N) is 2. The minimum atomic E-state index is -0.329. The summed E-state index contributed by atoms with van der Waals surface area (Å²) in [5.74, 6) is 0.0267. The highest BCUT2D eigenvalue weighted by Crippen LogP contribution is 2.22. The molecule has 0 saturated carbocycles. The molecule has 6 nitrogen and oxygen atoms in total. The van der Waals surface area contributed by atoms with Gasteiger partial charge in [0.15, 0.2) is 0 Å². The number of halogens is 1. The lowest BCUT2D eigenvalue weighted by Crippen LogP contribution is -2.57. The monoisotopic (exact) mass is 345 g/mol. The highest BCUT2D eigenvalue weighted by molar-refractivity contribution is 5.89. The summed E-state index contributed by atoms with van der Waals surface area (Å²) in [6.45, 7) is 3.20. The highest BCUT2D eigenvalue weighted by Gasteiger charge is 2.37. The first-order valence-electron chi connectivity index (χ1n) is 8.69. The van der Waals surface area contributed by atoms with Gasteiger partial charge in [-0.1, -0.05) is 0 Å². The second kappa shape index (κ2) is 8.85. The number of piperidine rings is 2. The summed E-state index contributed by atoms with van der Waals surface area (Å²) >= 11 is 0. The molecule has 2 amide bonds. The molecule has 3 aliphatic heterocycles. The summed E-state index contributed by atoms with van der Waals surface area (Å²) in [4.78, 5) is 27.0. The summed E-state index contributed by atoms with van der Waals surface area (Å²) < 4.78 is 5.51. The van der Waals surface area contributed by atoms with E-state index in [1.807, 2.05) is 0 Å². The van der Waals surface area contributed by atoms with Crippen LogP contribution in [0.3, 0.4) is 0 Å². The summed E-state index contributed by atoms with van der Waals surface area (Å²) in [5, 5.41) is 6.43. The van der Waals surface area contributed by atoms with Crippen molar-refractivity contribution in [3.63, 3.8) is 0 Å². The molecule has 3 saturated heterocycles. The fourth-order valence-electron chi connectivity index (χ4n) is 3.70. The Morgan fingerprint density at radius 3 is 2.65 bits per heavy atom. The predicted molar refractivity (Wildman–Crippen MR) is 89.6 cm³/mol. The zero-order valence-electron chi connectivity index (χ0n) is 13.6. The Hall–Kier alpha value is -0.850. The van der Waals surface area contributed by atoms with Crippen molar-refractivity contribution in [3.8, 4) is 0 Å². The Balaban J connectivity index is 0.00000192. The van der Waals surface area contributed by atoms with Crippen molar-refractivity contribution >= 4 is 24.2 Å². The Labute approximate surface area is 144 Å². The van der Waals surface area contributed by atoms with Gasteiger partial charge in [0.05, 0.1) is 0 Å². The first kappa shape index (κ1) is 18.5. The van der Waals surface area contributed by atoms with Gasteiger partial charge < -0.3 is 20.3 Å². The van der Waals surface area contributed by atoms with Gasteiger partial charge in [-0.3, -0.25) is 9.59 Å². The van der Waals surface area contributed by atoms with Crippen molar-refractivity contribution in [1.29, 1.82) is 0 Å².